The molecule has 2 aliphatic heterocycles. The highest BCUT2D eigenvalue weighted by molar-refractivity contribution is 5.99. The van der Waals surface area contributed by atoms with Gasteiger partial charge in [-0.3, -0.25) is 24.2 Å². The van der Waals surface area contributed by atoms with Gasteiger partial charge in [-0.05, 0) is 37.1 Å². The summed E-state index contributed by atoms with van der Waals surface area (Å²) in [6, 6.07) is 5.23. The van der Waals surface area contributed by atoms with Crippen LogP contribution < -0.4 is 10.6 Å². The van der Waals surface area contributed by atoms with Crippen LogP contribution in [0.2, 0.25) is 0 Å². The van der Waals surface area contributed by atoms with E-state index in [1.807, 2.05) is 0 Å². The van der Waals surface area contributed by atoms with E-state index in [9.17, 15) is 19.2 Å². The Morgan fingerprint density at radius 3 is 2.69 bits per heavy atom. The average Bonchev–Trinajstić information content (AvgIpc) is 3.25. The van der Waals surface area contributed by atoms with Gasteiger partial charge >= 0.3 is 0 Å². The fourth-order valence-electron chi connectivity index (χ4n) is 4.11. The standard InChI is InChI=1S/C22H26N6O4/c1-26-10-4-7-17(26)22(32)27-11-12-28(21(31)15-5-2-8-23-13-15)18(14-27)20(30)25-16-6-3-9-24-19(16)29/h2,4-5,7-8,10,13,16,18H,3,6,9,11-12,14H2,1H3,(H,24,29)(H,25,30)/t16-,18+/m0/s1. The third-order valence-electron chi connectivity index (χ3n) is 5.90. The molecule has 2 atom stereocenters. The highest BCUT2D eigenvalue weighted by Gasteiger charge is 2.39. The topological polar surface area (TPSA) is 117 Å². The fourth-order valence-corrected chi connectivity index (χ4v) is 4.11. The fraction of sp³-hybridized carbons (Fsp3) is 0.409. The van der Waals surface area contributed by atoms with Crippen LogP contribution in [0, 0.1) is 0 Å². The third-order valence-corrected chi connectivity index (χ3v) is 5.90. The maximum atomic E-state index is 13.2. The van der Waals surface area contributed by atoms with Gasteiger partial charge in [-0.15, -0.1) is 0 Å². The van der Waals surface area contributed by atoms with Gasteiger partial charge in [0.2, 0.25) is 11.8 Å². The third kappa shape index (κ3) is 4.34. The summed E-state index contributed by atoms with van der Waals surface area (Å²) in [5.74, 6) is -1.23. The van der Waals surface area contributed by atoms with E-state index in [0.29, 0.717) is 30.8 Å². The summed E-state index contributed by atoms with van der Waals surface area (Å²) in [4.78, 5) is 58.6. The summed E-state index contributed by atoms with van der Waals surface area (Å²) in [6.07, 6.45) is 6.10. The first-order chi connectivity index (χ1) is 15.5. The monoisotopic (exact) mass is 438 g/mol. The minimum absolute atomic E-state index is 0.0379. The van der Waals surface area contributed by atoms with Gasteiger partial charge in [0.1, 0.15) is 17.8 Å². The lowest BCUT2D eigenvalue weighted by Gasteiger charge is -2.41. The van der Waals surface area contributed by atoms with E-state index in [1.54, 1.807) is 53.2 Å². The number of nitrogens with zero attached hydrogens (tertiary/aromatic N) is 4. The molecule has 0 spiro atoms. The zero-order chi connectivity index (χ0) is 22.7. The van der Waals surface area contributed by atoms with E-state index >= 15 is 0 Å². The van der Waals surface area contributed by atoms with Crippen LogP contribution in [0.4, 0.5) is 0 Å². The number of rotatable bonds is 4. The number of hydrogen-bond donors (Lipinski definition) is 2. The van der Waals surface area contributed by atoms with Crippen LogP contribution in [0.3, 0.4) is 0 Å². The normalized spacial score (nSPS) is 21.1. The first kappa shape index (κ1) is 21.5. The lowest BCUT2D eigenvalue weighted by molar-refractivity contribution is -0.133. The molecular weight excluding hydrogens is 412 g/mol. The van der Waals surface area contributed by atoms with Crippen molar-refractivity contribution in [1.29, 1.82) is 0 Å². The summed E-state index contributed by atoms with van der Waals surface area (Å²) < 4.78 is 1.72. The molecule has 168 valence electrons. The molecule has 2 saturated heterocycles. The molecule has 2 fully saturated rings. The zero-order valence-corrected chi connectivity index (χ0v) is 17.9. The minimum atomic E-state index is -0.921. The molecule has 0 aromatic carbocycles. The highest BCUT2D eigenvalue weighted by atomic mass is 16.2. The Labute approximate surface area is 185 Å². The second-order valence-corrected chi connectivity index (χ2v) is 8.01. The first-order valence-electron chi connectivity index (χ1n) is 10.7. The molecule has 0 unspecified atom stereocenters. The molecule has 0 saturated carbocycles. The highest BCUT2D eigenvalue weighted by Crippen LogP contribution is 2.18. The van der Waals surface area contributed by atoms with Gasteiger partial charge in [0.05, 0.1) is 12.1 Å². The Balaban J connectivity index is 1.56. The van der Waals surface area contributed by atoms with Gasteiger partial charge in [0.25, 0.3) is 11.8 Å². The molecule has 10 heteroatoms. The molecule has 2 aliphatic rings. The van der Waals surface area contributed by atoms with Crippen molar-refractivity contribution < 1.29 is 19.2 Å². The van der Waals surface area contributed by atoms with Crippen LogP contribution in [0.25, 0.3) is 0 Å². The summed E-state index contributed by atoms with van der Waals surface area (Å²) in [5.41, 5.74) is 0.866. The molecule has 10 nitrogen and oxygen atoms in total. The number of aryl methyl sites for hydroxylation is 1. The SMILES string of the molecule is Cn1cccc1C(=O)N1CCN(C(=O)c2cccnc2)[C@@H](C(=O)N[C@H]2CCCNC2=O)C1. The van der Waals surface area contributed by atoms with Gasteiger partial charge < -0.3 is 25.0 Å². The van der Waals surface area contributed by atoms with Gasteiger partial charge in [-0.2, -0.15) is 0 Å². The molecule has 32 heavy (non-hydrogen) atoms. The molecule has 2 aromatic rings. The van der Waals surface area contributed by atoms with E-state index in [4.69, 9.17) is 0 Å². The van der Waals surface area contributed by atoms with E-state index < -0.39 is 18.0 Å². The van der Waals surface area contributed by atoms with Crippen LogP contribution in [-0.4, -0.2) is 81.2 Å². The Morgan fingerprint density at radius 2 is 2.00 bits per heavy atom. The second-order valence-electron chi connectivity index (χ2n) is 8.01. The van der Waals surface area contributed by atoms with Crippen molar-refractivity contribution in [3.05, 3.63) is 54.1 Å². The summed E-state index contributed by atoms with van der Waals surface area (Å²) in [6.45, 7) is 1.11. The molecule has 2 aromatic heterocycles. The van der Waals surface area contributed by atoms with Crippen LogP contribution >= 0.6 is 0 Å². The Hall–Kier alpha value is -3.69. The number of nitrogens with one attached hydrogen (secondary N) is 2. The molecule has 4 heterocycles. The van der Waals surface area contributed by atoms with Crippen LogP contribution in [0.15, 0.2) is 42.9 Å². The number of carbonyl (C=O) groups is 4. The Bertz CT molecular complexity index is 1020. The average molecular weight is 438 g/mol. The van der Waals surface area contributed by atoms with Crippen molar-refractivity contribution >= 4 is 23.6 Å². The molecular formula is C22H26N6O4. The smallest absolute Gasteiger partial charge is 0.270 e. The lowest BCUT2D eigenvalue weighted by atomic mass is 10.0. The Morgan fingerprint density at radius 1 is 1.16 bits per heavy atom. The number of carbonyl (C=O) groups excluding carboxylic acids is 4. The first-order valence-corrected chi connectivity index (χ1v) is 10.7. The number of aromatic nitrogens is 2. The quantitative estimate of drug-likeness (QED) is 0.685. The van der Waals surface area contributed by atoms with Crippen molar-refractivity contribution in [2.24, 2.45) is 7.05 Å². The van der Waals surface area contributed by atoms with Crippen molar-refractivity contribution in [3.8, 4) is 0 Å². The van der Waals surface area contributed by atoms with E-state index in [0.717, 1.165) is 6.42 Å². The minimum Gasteiger partial charge on any atom is -0.354 e. The predicted molar refractivity (Wildman–Crippen MR) is 115 cm³/mol. The molecule has 2 N–H and O–H groups in total. The molecule has 4 rings (SSSR count). The molecule has 4 amide bonds. The summed E-state index contributed by atoms with van der Waals surface area (Å²) >= 11 is 0. The number of pyridine rings is 1. The van der Waals surface area contributed by atoms with E-state index in [1.165, 1.54) is 11.1 Å². The van der Waals surface area contributed by atoms with Crippen molar-refractivity contribution in [1.82, 2.24) is 30.0 Å². The largest absolute Gasteiger partial charge is 0.354 e. The second kappa shape index (κ2) is 9.21. The van der Waals surface area contributed by atoms with Crippen molar-refractivity contribution in [2.75, 3.05) is 26.2 Å². The van der Waals surface area contributed by atoms with Crippen LogP contribution in [-0.2, 0) is 16.6 Å². The van der Waals surface area contributed by atoms with E-state index in [-0.39, 0.29) is 30.8 Å². The van der Waals surface area contributed by atoms with Crippen LogP contribution in [0.5, 0.6) is 0 Å². The van der Waals surface area contributed by atoms with E-state index in [2.05, 4.69) is 15.6 Å². The molecule has 0 bridgehead atoms. The molecule has 0 aliphatic carbocycles. The van der Waals surface area contributed by atoms with Gasteiger partial charge in [-0.1, -0.05) is 0 Å². The predicted octanol–water partition coefficient (Wildman–Crippen LogP) is -0.218. The van der Waals surface area contributed by atoms with Gasteiger partial charge in [0.15, 0.2) is 0 Å². The van der Waals surface area contributed by atoms with Crippen molar-refractivity contribution in [3.63, 3.8) is 0 Å². The van der Waals surface area contributed by atoms with Crippen molar-refractivity contribution in [2.45, 2.75) is 24.9 Å². The van der Waals surface area contributed by atoms with Crippen LogP contribution in [0.1, 0.15) is 33.7 Å². The Kier molecular flexibility index (Phi) is 6.20. The number of hydrogen-bond acceptors (Lipinski definition) is 5. The number of amides is 4. The number of piperazine rings is 1. The maximum Gasteiger partial charge on any atom is 0.270 e. The molecule has 0 radical (unpaired) electrons. The summed E-state index contributed by atoms with van der Waals surface area (Å²) in [5, 5.41) is 5.52. The number of piperidine rings is 1. The zero-order valence-electron chi connectivity index (χ0n) is 17.9. The lowest BCUT2D eigenvalue weighted by Crippen LogP contribution is -2.63. The van der Waals surface area contributed by atoms with Gasteiger partial charge in [-0.25, -0.2) is 0 Å². The van der Waals surface area contributed by atoms with Gasteiger partial charge in [0, 0.05) is 45.3 Å². The maximum absolute atomic E-state index is 13.2. The summed E-state index contributed by atoms with van der Waals surface area (Å²) in [7, 11) is 1.78.